The molecule has 0 bridgehead atoms. The molecular weight excluding hydrogens is 272 g/mol. The summed E-state index contributed by atoms with van der Waals surface area (Å²) in [4.78, 5) is 20.3. The molecule has 21 heavy (non-hydrogen) atoms. The van der Waals surface area contributed by atoms with Gasteiger partial charge in [-0.05, 0) is 12.1 Å². The Bertz CT molecular complexity index is 646. The number of nitrogens with zero attached hydrogens (tertiary/aromatic N) is 2. The van der Waals surface area contributed by atoms with E-state index in [2.05, 4.69) is 20.6 Å². The molecule has 0 saturated carbocycles. The number of rotatable bonds is 5. The molecule has 0 unspecified atom stereocenters. The van der Waals surface area contributed by atoms with Crippen LogP contribution >= 0.6 is 0 Å². The van der Waals surface area contributed by atoms with Crippen LogP contribution in [-0.2, 0) is 0 Å². The van der Waals surface area contributed by atoms with Gasteiger partial charge in [-0.25, -0.2) is 4.98 Å². The van der Waals surface area contributed by atoms with Crippen LogP contribution < -0.4 is 20.1 Å². The van der Waals surface area contributed by atoms with Gasteiger partial charge in [0.2, 0.25) is 0 Å². The summed E-state index contributed by atoms with van der Waals surface area (Å²) >= 11 is 0. The summed E-state index contributed by atoms with van der Waals surface area (Å²) in [5, 5.41) is 5.56. The van der Waals surface area contributed by atoms with E-state index < -0.39 is 0 Å². The Morgan fingerprint density at radius 1 is 1.19 bits per heavy atom. The number of methoxy groups -OCH3 is 2. The molecule has 0 aliphatic rings. The zero-order valence-electron chi connectivity index (χ0n) is 12.0. The predicted molar refractivity (Wildman–Crippen MR) is 79.1 cm³/mol. The van der Waals surface area contributed by atoms with E-state index in [0.717, 1.165) is 0 Å². The molecule has 0 saturated heterocycles. The Hall–Kier alpha value is -2.83. The monoisotopic (exact) mass is 288 g/mol. The average molecular weight is 288 g/mol. The van der Waals surface area contributed by atoms with Crippen LogP contribution in [0.25, 0.3) is 0 Å². The normalized spacial score (nSPS) is 9.86. The summed E-state index contributed by atoms with van der Waals surface area (Å²) in [6.07, 6.45) is 2.92. The maximum absolute atomic E-state index is 12.2. The van der Waals surface area contributed by atoms with Crippen molar-refractivity contribution in [3.8, 4) is 11.5 Å². The molecule has 0 aliphatic heterocycles. The molecule has 2 aromatic rings. The Kier molecular flexibility index (Phi) is 4.55. The average Bonchev–Trinajstić information content (AvgIpc) is 2.54. The van der Waals surface area contributed by atoms with E-state index >= 15 is 0 Å². The van der Waals surface area contributed by atoms with E-state index in [1.165, 1.54) is 19.5 Å². The number of aromatic nitrogens is 2. The maximum Gasteiger partial charge on any atom is 0.276 e. The summed E-state index contributed by atoms with van der Waals surface area (Å²) in [7, 11) is 4.78. The zero-order chi connectivity index (χ0) is 15.2. The molecular formula is C14H16N4O3. The number of carbonyl (C=O) groups excluding carboxylic acids is 1. The second-order valence-corrected chi connectivity index (χ2v) is 4.06. The summed E-state index contributed by atoms with van der Waals surface area (Å²) in [5.74, 6) is 1.27. The number of carbonyl (C=O) groups is 1. The third-order valence-corrected chi connectivity index (χ3v) is 2.78. The SMILES string of the molecule is CNc1cncc(C(=O)Nc2cc(OC)ccc2OC)n1. The van der Waals surface area contributed by atoms with Gasteiger partial charge in [-0.2, -0.15) is 0 Å². The van der Waals surface area contributed by atoms with Crippen molar-refractivity contribution < 1.29 is 14.3 Å². The van der Waals surface area contributed by atoms with E-state index in [4.69, 9.17) is 9.47 Å². The second kappa shape index (κ2) is 6.56. The number of hydrogen-bond acceptors (Lipinski definition) is 6. The number of nitrogens with one attached hydrogen (secondary N) is 2. The van der Waals surface area contributed by atoms with Crippen LogP contribution in [0.2, 0.25) is 0 Å². The summed E-state index contributed by atoms with van der Waals surface area (Å²) < 4.78 is 10.3. The molecule has 1 aromatic carbocycles. The summed E-state index contributed by atoms with van der Waals surface area (Å²) in [6, 6.07) is 5.13. The molecule has 7 heteroatoms. The van der Waals surface area contributed by atoms with Crippen molar-refractivity contribution >= 4 is 17.4 Å². The summed E-state index contributed by atoms with van der Waals surface area (Å²) in [5.41, 5.74) is 0.699. The number of benzene rings is 1. The van der Waals surface area contributed by atoms with Gasteiger partial charge in [-0.1, -0.05) is 0 Å². The van der Waals surface area contributed by atoms with E-state index in [1.807, 2.05) is 0 Å². The fraction of sp³-hybridized carbons (Fsp3) is 0.214. The minimum atomic E-state index is -0.383. The number of hydrogen-bond donors (Lipinski definition) is 2. The molecule has 2 N–H and O–H groups in total. The fourth-order valence-electron chi connectivity index (χ4n) is 1.69. The van der Waals surface area contributed by atoms with Crippen molar-refractivity contribution in [1.29, 1.82) is 0 Å². The zero-order valence-corrected chi connectivity index (χ0v) is 12.0. The first-order valence-electron chi connectivity index (χ1n) is 6.21. The van der Waals surface area contributed by atoms with Crippen LogP contribution in [0.1, 0.15) is 10.5 Å². The Balaban J connectivity index is 2.25. The lowest BCUT2D eigenvalue weighted by Gasteiger charge is -2.11. The molecule has 0 radical (unpaired) electrons. The third kappa shape index (κ3) is 3.38. The first-order chi connectivity index (χ1) is 10.2. The van der Waals surface area contributed by atoms with E-state index in [-0.39, 0.29) is 11.6 Å². The molecule has 0 aliphatic carbocycles. The minimum Gasteiger partial charge on any atom is -0.497 e. The van der Waals surface area contributed by atoms with Crippen molar-refractivity contribution in [3.63, 3.8) is 0 Å². The lowest BCUT2D eigenvalue weighted by molar-refractivity contribution is 0.102. The molecule has 7 nitrogen and oxygen atoms in total. The van der Waals surface area contributed by atoms with Gasteiger partial charge < -0.3 is 20.1 Å². The smallest absolute Gasteiger partial charge is 0.276 e. The van der Waals surface area contributed by atoms with Crippen LogP contribution in [0.4, 0.5) is 11.5 Å². The Morgan fingerprint density at radius 2 is 2.00 bits per heavy atom. The lowest BCUT2D eigenvalue weighted by atomic mass is 10.2. The van der Waals surface area contributed by atoms with Crippen LogP contribution in [-0.4, -0.2) is 37.1 Å². The number of amides is 1. The molecule has 0 spiro atoms. The lowest BCUT2D eigenvalue weighted by Crippen LogP contribution is -2.15. The van der Waals surface area contributed by atoms with Gasteiger partial charge in [0.1, 0.15) is 23.0 Å². The van der Waals surface area contributed by atoms with Gasteiger partial charge in [0.15, 0.2) is 0 Å². The Labute approximate surface area is 122 Å². The van der Waals surface area contributed by atoms with E-state index in [1.54, 1.807) is 32.4 Å². The van der Waals surface area contributed by atoms with Crippen LogP contribution in [0.3, 0.4) is 0 Å². The molecule has 0 atom stereocenters. The number of ether oxygens (including phenoxy) is 2. The molecule has 110 valence electrons. The van der Waals surface area contributed by atoms with Gasteiger partial charge in [-0.3, -0.25) is 9.78 Å². The number of anilines is 2. The van der Waals surface area contributed by atoms with Gasteiger partial charge >= 0.3 is 0 Å². The minimum absolute atomic E-state index is 0.201. The van der Waals surface area contributed by atoms with Gasteiger partial charge in [0.25, 0.3) is 5.91 Å². The predicted octanol–water partition coefficient (Wildman–Crippen LogP) is 1.79. The van der Waals surface area contributed by atoms with E-state index in [9.17, 15) is 4.79 Å². The topological polar surface area (TPSA) is 85.4 Å². The Morgan fingerprint density at radius 3 is 2.67 bits per heavy atom. The molecule has 1 amide bonds. The largest absolute Gasteiger partial charge is 0.497 e. The second-order valence-electron chi connectivity index (χ2n) is 4.06. The van der Waals surface area contributed by atoms with Crippen LogP contribution in [0, 0.1) is 0 Å². The molecule has 1 heterocycles. The molecule has 0 fully saturated rings. The van der Waals surface area contributed by atoms with Gasteiger partial charge in [-0.15, -0.1) is 0 Å². The van der Waals surface area contributed by atoms with Crippen molar-refractivity contribution in [3.05, 3.63) is 36.3 Å². The van der Waals surface area contributed by atoms with Crippen LogP contribution in [0.15, 0.2) is 30.6 Å². The highest BCUT2D eigenvalue weighted by Crippen LogP contribution is 2.29. The highest BCUT2D eigenvalue weighted by Gasteiger charge is 2.13. The highest BCUT2D eigenvalue weighted by atomic mass is 16.5. The molecule has 2 rings (SSSR count). The van der Waals surface area contributed by atoms with Gasteiger partial charge in [0, 0.05) is 13.1 Å². The first-order valence-corrected chi connectivity index (χ1v) is 6.21. The van der Waals surface area contributed by atoms with Crippen molar-refractivity contribution in [2.45, 2.75) is 0 Å². The van der Waals surface area contributed by atoms with Crippen molar-refractivity contribution in [2.24, 2.45) is 0 Å². The fourth-order valence-corrected chi connectivity index (χ4v) is 1.69. The van der Waals surface area contributed by atoms with Crippen molar-refractivity contribution in [1.82, 2.24) is 9.97 Å². The van der Waals surface area contributed by atoms with E-state index in [0.29, 0.717) is 23.0 Å². The highest BCUT2D eigenvalue weighted by molar-refractivity contribution is 6.03. The molecule has 1 aromatic heterocycles. The first kappa shape index (κ1) is 14.6. The third-order valence-electron chi connectivity index (χ3n) is 2.78. The van der Waals surface area contributed by atoms with Crippen molar-refractivity contribution in [2.75, 3.05) is 31.9 Å². The standard InChI is InChI=1S/C14H16N4O3/c1-15-13-8-16-7-11(17-13)14(19)18-10-6-9(20-2)4-5-12(10)21-3/h4-8H,1-3H3,(H,15,17)(H,18,19). The van der Waals surface area contributed by atoms with Crippen LogP contribution in [0.5, 0.6) is 11.5 Å². The quantitative estimate of drug-likeness (QED) is 0.872. The van der Waals surface area contributed by atoms with Gasteiger partial charge in [0.05, 0.1) is 32.3 Å². The maximum atomic E-state index is 12.2. The summed E-state index contributed by atoms with van der Waals surface area (Å²) in [6.45, 7) is 0.